The van der Waals surface area contributed by atoms with Crippen LogP contribution in [0.3, 0.4) is 0 Å². The minimum absolute atomic E-state index is 0.101. The van der Waals surface area contributed by atoms with Crippen LogP contribution in [-0.2, 0) is 25.6 Å². The molecule has 1 saturated heterocycles. The van der Waals surface area contributed by atoms with Crippen LogP contribution in [0.5, 0.6) is 0 Å². The molecule has 12 heteroatoms. The molecule has 3 rings (SSSR count). The summed E-state index contributed by atoms with van der Waals surface area (Å²) in [6.07, 6.45) is -4.43. The van der Waals surface area contributed by atoms with Crippen molar-refractivity contribution < 1.29 is 42.6 Å². The zero-order valence-corrected chi connectivity index (χ0v) is 19.1. The average molecular weight is 487 g/mol. The lowest BCUT2D eigenvalue weighted by molar-refractivity contribution is -0.192. The number of carbonyl (C=O) groups excluding carboxylic acids is 2. The lowest BCUT2D eigenvalue weighted by Gasteiger charge is -2.32. The van der Waals surface area contributed by atoms with Gasteiger partial charge in [-0.2, -0.15) is 13.2 Å². The molecule has 2 fully saturated rings. The smallest absolute Gasteiger partial charge is 0.480 e. The summed E-state index contributed by atoms with van der Waals surface area (Å²) < 4.78 is 31.7. The molecule has 1 atom stereocenters. The van der Waals surface area contributed by atoms with Crippen LogP contribution in [-0.4, -0.2) is 83.2 Å². The van der Waals surface area contributed by atoms with E-state index >= 15 is 0 Å². The quantitative estimate of drug-likeness (QED) is 0.543. The van der Waals surface area contributed by atoms with Gasteiger partial charge >= 0.3 is 18.1 Å². The second kappa shape index (κ2) is 10.00. The third-order valence-corrected chi connectivity index (χ3v) is 6.16. The van der Waals surface area contributed by atoms with E-state index in [1.54, 1.807) is 38.1 Å². The van der Waals surface area contributed by atoms with Crippen molar-refractivity contribution in [2.45, 2.75) is 32.9 Å². The molecule has 3 N–H and O–H groups in total. The van der Waals surface area contributed by atoms with Crippen LogP contribution in [0.15, 0.2) is 24.3 Å². The number of likely N-dealkylation sites (N-methyl/N-ethyl adjacent to an activating group) is 1. The fourth-order valence-electron chi connectivity index (χ4n) is 3.75. The van der Waals surface area contributed by atoms with E-state index in [0.29, 0.717) is 18.5 Å². The molecule has 9 nitrogen and oxygen atoms in total. The Hall–Kier alpha value is -3.15. The maximum absolute atomic E-state index is 12.5. The monoisotopic (exact) mass is 487 g/mol. The Morgan fingerprint density at radius 2 is 1.47 bits per heavy atom. The zero-order chi connectivity index (χ0) is 25.9. The number of nitrogens with zero attached hydrogens (tertiary/aromatic N) is 2. The van der Waals surface area contributed by atoms with E-state index in [0.717, 1.165) is 31.7 Å². The molecule has 1 aliphatic heterocycles. The number of hydrogen-bond donors (Lipinski definition) is 3. The van der Waals surface area contributed by atoms with Crippen LogP contribution >= 0.6 is 0 Å². The number of hydrogen-bond acceptors (Lipinski definition) is 5. The topological polar surface area (TPSA) is 127 Å². The third kappa shape index (κ3) is 6.25. The molecule has 0 spiro atoms. The normalized spacial score (nSPS) is 21.6. The fourth-order valence-corrected chi connectivity index (χ4v) is 3.75. The van der Waals surface area contributed by atoms with Gasteiger partial charge in [-0.05, 0) is 36.6 Å². The van der Waals surface area contributed by atoms with Gasteiger partial charge in [-0.1, -0.05) is 26.0 Å². The van der Waals surface area contributed by atoms with Crippen LogP contribution in [0.25, 0.3) is 0 Å². The number of carboxylic acid groups (broad SMARTS) is 2. The first kappa shape index (κ1) is 27.1. The summed E-state index contributed by atoms with van der Waals surface area (Å²) in [5, 5.41) is 19.3. The van der Waals surface area contributed by atoms with Gasteiger partial charge in [0.1, 0.15) is 0 Å². The van der Waals surface area contributed by atoms with Crippen LogP contribution in [0.4, 0.5) is 18.9 Å². The van der Waals surface area contributed by atoms with Crippen molar-refractivity contribution in [2.24, 2.45) is 10.8 Å². The summed E-state index contributed by atoms with van der Waals surface area (Å²) in [5.41, 5.74) is -0.489. The van der Waals surface area contributed by atoms with Gasteiger partial charge in [0.15, 0.2) is 5.41 Å². The molecular formula is C22H28F3N3O6. The fraction of sp³-hybridized carbons (Fsp3) is 0.545. The van der Waals surface area contributed by atoms with Gasteiger partial charge in [0.25, 0.3) is 0 Å². The first-order valence-electron chi connectivity index (χ1n) is 10.5. The predicted molar refractivity (Wildman–Crippen MR) is 115 cm³/mol. The number of aliphatic carboxylic acids is 2. The van der Waals surface area contributed by atoms with E-state index in [1.807, 2.05) is 11.9 Å². The second-order valence-electron chi connectivity index (χ2n) is 9.09. The maximum atomic E-state index is 12.5. The van der Waals surface area contributed by atoms with Crippen LogP contribution in [0.2, 0.25) is 0 Å². The van der Waals surface area contributed by atoms with Crippen molar-refractivity contribution in [3.63, 3.8) is 0 Å². The number of anilines is 1. The predicted octanol–water partition coefficient (Wildman–Crippen LogP) is 2.08. The minimum Gasteiger partial charge on any atom is -0.480 e. The summed E-state index contributed by atoms with van der Waals surface area (Å²) in [4.78, 5) is 49.4. The highest BCUT2D eigenvalue weighted by Crippen LogP contribution is 2.64. The van der Waals surface area contributed by atoms with Gasteiger partial charge < -0.3 is 25.3 Å². The van der Waals surface area contributed by atoms with E-state index in [1.165, 1.54) is 0 Å². The first-order valence-corrected chi connectivity index (χ1v) is 10.5. The Labute approximate surface area is 194 Å². The molecule has 1 aromatic rings. The van der Waals surface area contributed by atoms with Gasteiger partial charge in [0.05, 0.1) is 6.42 Å². The molecule has 2 amide bonds. The molecule has 1 aliphatic carbocycles. The number of carbonyl (C=O) groups is 4. The number of rotatable bonds is 5. The summed E-state index contributed by atoms with van der Waals surface area (Å²) in [5.74, 6) is -4.22. The van der Waals surface area contributed by atoms with Crippen molar-refractivity contribution >= 4 is 29.4 Å². The highest BCUT2D eigenvalue weighted by atomic mass is 19.4. The molecule has 1 unspecified atom stereocenters. The van der Waals surface area contributed by atoms with E-state index in [-0.39, 0.29) is 5.91 Å². The molecule has 1 heterocycles. The minimum atomic E-state index is -5.08. The summed E-state index contributed by atoms with van der Waals surface area (Å²) >= 11 is 0. The molecule has 0 bridgehead atoms. The Balaban J connectivity index is 0.000000509. The lowest BCUT2D eigenvalue weighted by Crippen LogP contribution is -2.47. The number of alkyl halides is 3. The van der Waals surface area contributed by atoms with E-state index < -0.39 is 34.9 Å². The highest BCUT2D eigenvalue weighted by Gasteiger charge is 2.72. The summed E-state index contributed by atoms with van der Waals surface area (Å²) in [7, 11) is 2.05. The average Bonchev–Trinajstić information content (AvgIpc) is 3.33. The molecule has 2 aliphatic rings. The summed E-state index contributed by atoms with van der Waals surface area (Å²) in [6, 6.07) is 7.04. The number of benzene rings is 1. The Kier molecular flexibility index (Phi) is 7.97. The SMILES string of the molecule is CN1CCN(C(=O)Cc2ccc(NC(=O)C3(C(=O)O)CC3(C)C)cc2)CC1.O=C(O)C(F)(F)F. The Morgan fingerprint density at radius 3 is 1.85 bits per heavy atom. The largest absolute Gasteiger partial charge is 0.490 e. The molecule has 34 heavy (non-hydrogen) atoms. The summed E-state index contributed by atoms with van der Waals surface area (Å²) in [6.45, 7) is 6.84. The third-order valence-electron chi connectivity index (χ3n) is 6.16. The van der Waals surface area contributed by atoms with Crippen molar-refractivity contribution in [3.8, 4) is 0 Å². The van der Waals surface area contributed by atoms with Crippen LogP contribution in [0, 0.1) is 10.8 Å². The number of amides is 2. The molecule has 0 radical (unpaired) electrons. The van der Waals surface area contributed by atoms with E-state index in [9.17, 15) is 32.7 Å². The highest BCUT2D eigenvalue weighted by molar-refractivity contribution is 6.12. The van der Waals surface area contributed by atoms with Crippen molar-refractivity contribution in [1.82, 2.24) is 9.80 Å². The van der Waals surface area contributed by atoms with Crippen LogP contribution in [0.1, 0.15) is 25.8 Å². The molecule has 1 saturated carbocycles. The zero-order valence-electron chi connectivity index (χ0n) is 19.1. The van der Waals surface area contributed by atoms with Crippen molar-refractivity contribution in [3.05, 3.63) is 29.8 Å². The van der Waals surface area contributed by atoms with E-state index in [2.05, 4.69) is 10.2 Å². The van der Waals surface area contributed by atoms with Crippen molar-refractivity contribution in [1.29, 1.82) is 0 Å². The van der Waals surface area contributed by atoms with Gasteiger partial charge in [-0.15, -0.1) is 0 Å². The molecule has 0 aromatic heterocycles. The van der Waals surface area contributed by atoms with E-state index in [4.69, 9.17) is 9.90 Å². The number of carboxylic acids is 2. The van der Waals surface area contributed by atoms with Crippen LogP contribution < -0.4 is 5.32 Å². The lowest BCUT2D eigenvalue weighted by atomic mass is 9.95. The standard InChI is InChI=1S/C20H27N3O4.C2HF3O2/c1-19(2)13-20(19,18(26)27)17(25)21-15-6-4-14(5-7-15)12-16(24)23-10-8-22(3)9-11-23;3-2(4,5)1(6)7/h4-7H,8-13H2,1-3H3,(H,21,25)(H,26,27);(H,6,7). The molecule has 188 valence electrons. The number of nitrogens with one attached hydrogen (secondary N) is 1. The first-order chi connectivity index (χ1) is 15.6. The molecular weight excluding hydrogens is 459 g/mol. The van der Waals surface area contributed by atoms with Crippen molar-refractivity contribution in [2.75, 3.05) is 38.5 Å². The van der Waals surface area contributed by atoms with Gasteiger partial charge in [-0.3, -0.25) is 14.4 Å². The Bertz CT molecular complexity index is 940. The number of piperazine rings is 1. The maximum Gasteiger partial charge on any atom is 0.490 e. The van der Waals surface area contributed by atoms with Gasteiger partial charge in [-0.25, -0.2) is 4.79 Å². The van der Waals surface area contributed by atoms with Gasteiger partial charge in [0.2, 0.25) is 11.8 Å². The van der Waals surface area contributed by atoms with Gasteiger partial charge in [0, 0.05) is 31.9 Å². The molecule has 1 aromatic carbocycles. The number of halogens is 3. The Morgan fingerprint density at radius 1 is 1.00 bits per heavy atom. The second-order valence-corrected chi connectivity index (χ2v) is 9.09.